The lowest BCUT2D eigenvalue weighted by molar-refractivity contribution is 0.623. The molecule has 5 heteroatoms. The van der Waals surface area contributed by atoms with Crippen LogP contribution in [0.25, 0.3) is 11.0 Å². The Morgan fingerprint density at radius 2 is 2.19 bits per heavy atom. The predicted octanol–water partition coefficient (Wildman–Crippen LogP) is 3.71. The second-order valence-electron chi connectivity index (χ2n) is 4.96. The second kappa shape index (κ2) is 5.95. The van der Waals surface area contributed by atoms with Gasteiger partial charge in [-0.1, -0.05) is 15.9 Å². The monoisotopic (exact) mass is 347 g/mol. The molecule has 0 saturated heterocycles. The maximum absolute atomic E-state index is 13.5. The molecule has 0 amide bonds. The lowest BCUT2D eigenvalue weighted by Crippen LogP contribution is -2.04. The highest BCUT2D eigenvalue weighted by Crippen LogP contribution is 2.22. The highest BCUT2D eigenvalue weighted by molar-refractivity contribution is 9.10. The quantitative estimate of drug-likeness (QED) is 0.779. The fraction of sp³-hybridized carbons (Fsp3) is 0.188. The third-order valence-electron chi connectivity index (χ3n) is 3.36. The molecule has 1 aromatic carbocycles. The zero-order valence-electron chi connectivity index (χ0n) is 11.6. The summed E-state index contributed by atoms with van der Waals surface area (Å²) in [6, 6.07) is 8.94. The summed E-state index contributed by atoms with van der Waals surface area (Å²) < 4.78 is 16.3. The maximum atomic E-state index is 13.5. The number of rotatable bonds is 4. The topological polar surface area (TPSA) is 29.9 Å². The average Bonchev–Trinajstić information content (AvgIpc) is 2.77. The first-order valence-electron chi connectivity index (χ1n) is 6.69. The van der Waals surface area contributed by atoms with Crippen molar-refractivity contribution >= 4 is 27.0 Å². The summed E-state index contributed by atoms with van der Waals surface area (Å²) in [6.45, 7) is 1.37. The van der Waals surface area contributed by atoms with Gasteiger partial charge in [-0.3, -0.25) is 0 Å². The van der Waals surface area contributed by atoms with Crippen molar-refractivity contribution < 1.29 is 4.39 Å². The SMILES string of the molecule is CNCc1cn(Cc2cc(F)cc(Br)c2)c2ncccc12. The van der Waals surface area contributed by atoms with Gasteiger partial charge in [-0.05, 0) is 48.5 Å². The number of nitrogens with one attached hydrogen (secondary N) is 1. The van der Waals surface area contributed by atoms with Gasteiger partial charge in [-0.2, -0.15) is 0 Å². The highest BCUT2D eigenvalue weighted by Gasteiger charge is 2.09. The first kappa shape index (κ1) is 14.2. The summed E-state index contributed by atoms with van der Waals surface area (Å²) in [7, 11) is 1.92. The van der Waals surface area contributed by atoms with Crippen LogP contribution in [0.15, 0.2) is 47.2 Å². The van der Waals surface area contributed by atoms with Crippen LogP contribution >= 0.6 is 15.9 Å². The summed E-state index contributed by atoms with van der Waals surface area (Å²) >= 11 is 3.33. The van der Waals surface area contributed by atoms with Crippen LogP contribution in [0.5, 0.6) is 0 Å². The molecule has 0 aliphatic carbocycles. The van der Waals surface area contributed by atoms with Gasteiger partial charge < -0.3 is 9.88 Å². The minimum atomic E-state index is -0.237. The number of aromatic nitrogens is 2. The molecular weight excluding hydrogens is 333 g/mol. The largest absolute Gasteiger partial charge is 0.328 e. The van der Waals surface area contributed by atoms with Gasteiger partial charge in [0.2, 0.25) is 0 Å². The van der Waals surface area contributed by atoms with Crippen molar-refractivity contribution in [2.75, 3.05) is 7.05 Å². The predicted molar refractivity (Wildman–Crippen MR) is 85.7 cm³/mol. The number of hydrogen-bond donors (Lipinski definition) is 1. The third kappa shape index (κ3) is 2.99. The van der Waals surface area contributed by atoms with Crippen LogP contribution in [0.3, 0.4) is 0 Å². The van der Waals surface area contributed by atoms with Gasteiger partial charge in [0, 0.05) is 35.3 Å². The molecule has 108 valence electrons. The molecule has 2 aromatic heterocycles. The van der Waals surface area contributed by atoms with E-state index >= 15 is 0 Å². The van der Waals surface area contributed by atoms with Gasteiger partial charge in [0.15, 0.2) is 0 Å². The van der Waals surface area contributed by atoms with Crippen molar-refractivity contribution in [2.24, 2.45) is 0 Å². The van der Waals surface area contributed by atoms with Crippen LogP contribution in [-0.2, 0) is 13.1 Å². The average molecular weight is 348 g/mol. The van der Waals surface area contributed by atoms with Gasteiger partial charge in [0.1, 0.15) is 11.5 Å². The van der Waals surface area contributed by atoms with Gasteiger partial charge >= 0.3 is 0 Å². The van der Waals surface area contributed by atoms with Gasteiger partial charge in [0.05, 0.1) is 0 Å². The zero-order valence-corrected chi connectivity index (χ0v) is 13.2. The van der Waals surface area contributed by atoms with E-state index in [1.807, 2.05) is 19.2 Å². The Balaban J connectivity index is 2.04. The van der Waals surface area contributed by atoms with Crippen molar-refractivity contribution in [3.63, 3.8) is 0 Å². The number of hydrogen-bond acceptors (Lipinski definition) is 2. The van der Waals surface area contributed by atoms with Crippen LogP contribution in [0.1, 0.15) is 11.1 Å². The minimum Gasteiger partial charge on any atom is -0.328 e. The molecule has 0 aliphatic rings. The molecule has 0 aliphatic heterocycles. The standard InChI is InChI=1S/C16H15BrFN3/c1-19-8-12-10-21(16-15(12)3-2-4-20-16)9-11-5-13(17)7-14(18)6-11/h2-7,10,19H,8-9H2,1H3. The number of halogens is 2. The molecule has 0 spiro atoms. The summed E-state index contributed by atoms with van der Waals surface area (Å²) in [4.78, 5) is 4.45. The number of fused-ring (bicyclic) bond motifs is 1. The van der Waals surface area contributed by atoms with E-state index in [4.69, 9.17) is 0 Å². The van der Waals surface area contributed by atoms with Crippen molar-refractivity contribution in [3.05, 3.63) is 64.1 Å². The first-order chi connectivity index (χ1) is 10.2. The molecule has 0 atom stereocenters. The van der Waals surface area contributed by atoms with Crippen LogP contribution < -0.4 is 5.32 Å². The Kier molecular flexibility index (Phi) is 4.03. The van der Waals surface area contributed by atoms with E-state index in [1.54, 1.807) is 12.3 Å². The lowest BCUT2D eigenvalue weighted by atomic mass is 10.2. The van der Waals surface area contributed by atoms with Crippen LogP contribution in [0.2, 0.25) is 0 Å². The van der Waals surface area contributed by atoms with E-state index in [1.165, 1.54) is 11.6 Å². The fourth-order valence-corrected chi connectivity index (χ4v) is 3.06. The smallest absolute Gasteiger partial charge is 0.140 e. The van der Waals surface area contributed by atoms with E-state index in [2.05, 4.69) is 43.1 Å². The van der Waals surface area contributed by atoms with Gasteiger partial charge in [-0.15, -0.1) is 0 Å². The summed E-state index contributed by atoms with van der Waals surface area (Å²) in [5.74, 6) is -0.237. The minimum absolute atomic E-state index is 0.237. The van der Waals surface area contributed by atoms with Crippen molar-refractivity contribution in [1.29, 1.82) is 0 Å². The second-order valence-corrected chi connectivity index (χ2v) is 5.88. The van der Waals surface area contributed by atoms with Crippen molar-refractivity contribution in [2.45, 2.75) is 13.1 Å². The van der Waals surface area contributed by atoms with E-state index in [9.17, 15) is 4.39 Å². The Bertz CT molecular complexity index is 762. The molecule has 0 radical (unpaired) electrons. The Morgan fingerprint density at radius 1 is 1.33 bits per heavy atom. The summed E-state index contributed by atoms with van der Waals surface area (Å²) in [6.07, 6.45) is 3.86. The maximum Gasteiger partial charge on any atom is 0.140 e. The molecule has 3 rings (SSSR count). The van der Waals surface area contributed by atoms with E-state index in [-0.39, 0.29) is 5.82 Å². The summed E-state index contributed by atoms with van der Waals surface area (Å²) in [5.41, 5.74) is 3.01. The van der Waals surface area contributed by atoms with E-state index in [0.717, 1.165) is 27.6 Å². The van der Waals surface area contributed by atoms with E-state index < -0.39 is 0 Å². The van der Waals surface area contributed by atoms with Crippen LogP contribution in [0, 0.1) is 5.82 Å². The van der Waals surface area contributed by atoms with E-state index in [0.29, 0.717) is 6.54 Å². The highest BCUT2D eigenvalue weighted by atomic mass is 79.9. The van der Waals surface area contributed by atoms with Crippen LogP contribution in [0.4, 0.5) is 4.39 Å². The molecule has 21 heavy (non-hydrogen) atoms. The molecule has 1 N–H and O–H groups in total. The normalized spacial score (nSPS) is 11.2. The molecule has 0 fully saturated rings. The molecule has 3 nitrogen and oxygen atoms in total. The number of benzene rings is 1. The van der Waals surface area contributed by atoms with Crippen LogP contribution in [-0.4, -0.2) is 16.6 Å². The van der Waals surface area contributed by atoms with Crippen molar-refractivity contribution in [1.82, 2.24) is 14.9 Å². The number of pyridine rings is 1. The first-order valence-corrected chi connectivity index (χ1v) is 7.49. The number of nitrogens with zero attached hydrogens (tertiary/aromatic N) is 2. The van der Waals surface area contributed by atoms with Gasteiger partial charge in [0.25, 0.3) is 0 Å². The summed E-state index contributed by atoms with van der Waals surface area (Å²) in [5, 5.41) is 4.29. The zero-order chi connectivity index (χ0) is 14.8. The molecule has 0 unspecified atom stereocenters. The molecule has 0 bridgehead atoms. The third-order valence-corrected chi connectivity index (χ3v) is 3.82. The van der Waals surface area contributed by atoms with Gasteiger partial charge in [-0.25, -0.2) is 9.37 Å². The van der Waals surface area contributed by atoms with Crippen molar-refractivity contribution in [3.8, 4) is 0 Å². The molecule has 2 heterocycles. The fourth-order valence-electron chi connectivity index (χ4n) is 2.55. The lowest BCUT2D eigenvalue weighted by Gasteiger charge is -2.06. The Labute approximate surface area is 130 Å². The molecule has 0 saturated carbocycles. The molecular formula is C16H15BrFN3. The Hall–Kier alpha value is -1.72. The molecule has 3 aromatic rings. The Morgan fingerprint density at radius 3 is 2.95 bits per heavy atom.